The number of allylic oxidation sites excluding steroid dienone is 11. The fraction of sp³-hybridized carbons (Fsp3) is 0.500. The monoisotopic (exact) mass is 342 g/mol. The maximum atomic E-state index is 14.6. The summed E-state index contributed by atoms with van der Waals surface area (Å²) in [5.41, 5.74) is 2.68. The minimum absolute atomic E-state index is 0.000595. The molecule has 1 rings (SSSR count). The maximum absolute atomic E-state index is 14.6. The van der Waals surface area contributed by atoms with Crippen LogP contribution in [0.15, 0.2) is 71.7 Å². The third-order valence-electron chi connectivity index (χ3n) is 5.57. The van der Waals surface area contributed by atoms with Crippen molar-refractivity contribution < 1.29 is 4.39 Å². The Bertz CT molecular complexity index is 631. The Balaban J connectivity index is 3.45. The molecule has 0 aromatic carbocycles. The Morgan fingerprint density at radius 1 is 1.28 bits per heavy atom. The molecule has 1 aliphatic carbocycles. The van der Waals surface area contributed by atoms with E-state index in [0.29, 0.717) is 6.42 Å². The van der Waals surface area contributed by atoms with Gasteiger partial charge in [0.15, 0.2) is 0 Å². The first kappa shape index (κ1) is 21.4. The van der Waals surface area contributed by atoms with Crippen LogP contribution in [0.4, 0.5) is 4.39 Å². The Morgan fingerprint density at radius 2 is 1.92 bits per heavy atom. The van der Waals surface area contributed by atoms with Gasteiger partial charge in [-0.3, -0.25) is 0 Å². The summed E-state index contributed by atoms with van der Waals surface area (Å²) < 4.78 is 14.6. The summed E-state index contributed by atoms with van der Waals surface area (Å²) in [5, 5.41) is 0. The first-order valence-electron chi connectivity index (χ1n) is 9.31. The Kier molecular flexibility index (Phi) is 7.41. The van der Waals surface area contributed by atoms with Gasteiger partial charge in [0.05, 0.1) is 0 Å². The first-order valence-corrected chi connectivity index (χ1v) is 9.31. The summed E-state index contributed by atoms with van der Waals surface area (Å²) in [4.78, 5) is 0. The van der Waals surface area contributed by atoms with Gasteiger partial charge in [0.25, 0.3) is 0 Å². The first-order chi connectivity index (χ1) is 11.6. The molecule has 1 aliphatic rings. The van der Waals surface area contributed by atoms with E-state index in [2.05, 4.69) is 53.3 Å². The average Bonchev–Trinajstić information content (AvgIpc) is 2.53. The highest BCUT2D eigenvalue weighted by molar-refractivity contribution is 5.48. The molecule has 0 bridgehead atoms. The third kappa shape index (κ3) is 4.93. The highest BCUT2D eigenvalue weighted by atomic mass is 19.1. The van der Waals surface area contributed by atoms with E-state index < -0.39 is 0 Å². The van der Waals surface area contributed by atoms with E-state index >= 15 is 0 Å². The molecule has 0 amide bonds. The van der Waals surface area contributed by atoms with Crippen LogP contribution in [-0.2, 0) is 0 Å². The zero-order chi connectivity index (χ0) is 19.3. The lowest BCUT2D eigenvalue weighted by Gasteiger charge is -2.48. The highest BCUT2D eigenvalue weighted by Crippen LogP contribution is 2.53. The van der Waals surface area contributed by atoms with E-state index in [1.54, 1.807) is 0 Å². The van der Waals surface area contributed by atoms with Gasteiger partial charge in [0, 0.05) is 12.3 Å². The van der Waals surface area contributed by atoms with Crippen LogP contribution in [0.1, 0.15) is 61.3 Å². The van der Waals surface area contributed by atoms with Crippen molar-refractivity contribution in [2.24, 2.45) is 16.7 Å². The Hall–Kier alpha value is -1.63. The van der Waals surface area contributed by atoms with Crippen LogP contribution in [0.5, 0.6) is 0 Å². The standard InChI is InChI=1S/C24H35F/c1-9-11-13-14-18(3)20-16-19(4)22(25)17-21(20)24(8,15-12-10-2)23(5,6)7/h9,11-16,21H,3,10,17H2,1-2,4-8H3/b11-9-,14-13-,15-12?. The molecule has 0 N–H and O–H groups in total. The fourth-order valence-corrected chi connectivity index (χ4v) is 3.34. The number of halogens is 1. The third-order valence-corrected chi connectivity index (χ3v) is 5.57. The summed E-state index contributed by atoms with van der Waals surface area (Å²) in [5.74, 6) is 0.0705. The second-order valence-corrected chi connectivity index (χ2v) is 8.20. The van der Waals surface area contributed by atoms with Gasteiger partial charge in [-0.05, 0) is 47.8 Å². The molecule has 138 valence electrons. The van der Waals surface area contributed by atoms with Crippen LogP contribution in [-0.4, -0.2) is 0 Å². The molecular weight excluding hydrogens is 307 g/mol. The number of hydrogen-bond donors (Lipinski definition) is 0. The molecule has 0 spiro atoms. The predicted octanol–water partition coefficient (Wildman–Crippen LogP) is 7.88. The van der Waals surface area contributed by atoms with Gasteiger partial charge in [0.2, 0.25) is 0 Å². The van der Waals surface area contributed by atoms with Crippen molar-refractivity contribution in [3.05, 3.63) is 71.7 Å². The molecule has 0 heterocycles. The number of hydrogen-bond acceptors (Lipinski definition) is 0. The van der Waals surface area contributed by atoms with Crippen LogP contribution in [0.2, 0.25) is 0 Å². The largest absolute Gasteiger partial charge is 0.212 e. The molecule has 1 heteroatoms. The maximum Gasteiger partial charge on any atom is 0.103 e. The van der Waals surface area contributed by atoms with Crippen molar-refractivity contribution in [2.45, 2.75) is 61.3 Å². The molecule has 0 nitrogen and oxygen atoms in total. The summed E-state index contributed by atoms with van der Waals surface area (Å²) in [6, 6.07) is 0. The summed E-state index contributed by atoms with van der Waals surface area (Å²) in [6.07, 6.45) is 15.9. The van der Waals surface area contributed by atoms with E-state index in [4.69, 9.17) is 0 Å². The molecule has 0 aromatic heterocycles. The van der Waals surface area contributed by atoms with Crippen molar-refractivity contribution in [2.75, 3.05) is 0 Å². The van der Waals surface area contributed by atoms with Crippen molar-refractivity contribution >= 4 is 0 Å². The summed E-state index contributed by atoms with van der Waals surface area (Å²) in [7, 11) is 0. The molecule has 25 heavy (non-hydrogen) atoms. The van der Waals surface area contributed by atoms with Crippen LogP contribution in [0.3, 0.4) is 0 Å². The molecule has 0 aliphatic heterocycles. The van der Waals surface area contributed by atoms with E-state index in [1.807, 2.05) is 44.2 Å². The molecule has 2 atom stereocenters. The van der Waals surface area contributed by atoms with Crippen molar-refractivity contribution in [3.63, 3.8) is 0 Å². The van der Waals surface area contributed by atoms with Gasteiger partial charge < -0.3 is 0 Å². The minimum Gasteiger partial charge on any atom is -0.212 e. The van der Waals surface area contributed by atoms with E-state index in [1.165, 1.54) is 0 Å². The zero-order valence-electron chi connectivity index (χ0n) is 17.1. The SMILES string of the molecule is C=C(/C=C\C=C/C)C1=CC(C)=C(F)CC1C(C)(C=CCC)C(C)(C)C. The smallest absolute Gasteiger partial charge is 0.103 e. The van der Waals surface area contributed by atoms with Gasteiger partial charge in [0.1, 0.15) is 5.83 Å². The Morgan fingerprint density at radius 3 is 2.44 bits per heavy atom. The normalized spacial score (nSPS) is 22.1. The molecule has 0 fully saturated rings. The van der Waals surface area contributed by atoms with Gasteiger partial charge in [-0.25, -0.2) is 4.39 Å². The second-order valence-electron chi connectivity index (χ2n) is 8.20. The van der Waals surface area contributed by atoms with Crippen LogP contribution in [0.25, 0.3) is 0 Å². The van der Waals surface area contributed by atoms with E-state index in [0.717, 1.165) is 23.1 Å². The second kappa shape index (κ2) is 8.65. The molecule has 0 radical (unpaired) electrons. The predicted molar refractivity (Wildman–Crippen MR) is 110 cm³/mol. The van der Waals surface area contributed by atoms with Crippen LogP contribution >= 0.6 is 0 Å². The molecular formula is C24H35F. The summed E-state index contributed by atoms with van der Waals surface area (Å²) in [6.45, 7) is 19.2. The van der Waals surface area contributed by atoms with Gasteiger partial charge >= 0.3 is 0 Å². The quantitative estimate of drug-likeness (QED) is 0.340. The molecule has 0 aromatic rings. The van der Waals surface area contributed by atoms with Gasteiger partial charge in [-0.1, -0.05) is 83.7 Å². The average molecular weight is 343 g/mol. The van der Waals surface area contributed by atoms with Gasteiger partial charge in [-0.15, -0.1) is 0 Å². The summed E-state index contributed by atoms with van der Waals surface area (Å²) >= 11 is 0. The Labute approximate surface area is 154 Å². The van der Waals surface area contributed by atoms with Crippen LogP contribution in [0, 0.1) is 16.7 Å². The lowest BCUT2D eigenvalue weighted by Crippen LogP contribution is -2.40. The van der Waals surface area contributed by atoms with Gasteiger partial charge in [-0.2, -0.15) is 0 Å². The molecule has 0 saturated heterocycles. The zero-order valence-corrected chi connectivity index (χ0v) is 17.1. The molecule has 2 unspecified atom stereocenters. The van der Waals surface area contributed by atoms with Crippen LogP contribution < -0.4 is 0 Å². The van der Waals surface area contributed by atoms with Crippen molar-refractivity contribution in [3.8, 4) is 0 Å². The van der Waals surface area contributed by atoms with E-state index in [9.17, 15) is 4.39 Å². The van der Waals surface area contributed by atoms with E-state index in [-0.39, 0.29) is 22.6 Å². The lowest BCUT2D eigenvalue weighted by molar-refractivity contribution is 0.103. The lowest BCUT2D eigenvalue weighted by atomic mass is 9.56. The molecule has 0 saturated carbocycles. The highest BCUT2D eigenvalue weighted by Gasteiger charge is 2.45. The fourth-order valence-electron chi connectivity index (χ4n) is 3.34. The minimum atomic E-state index is -0.162. The number of rotatable bonds is 6. The van der Waals surface area contributed by atoms with Crippen molar-refractivity contribution in [1.29, 1.82) is 0 Å². The topological polar surface area (TPSA) is 0 Å². The van der Waals surface area contributed by atoms with Crippen molar-refractivity contribution in [1.82, 2.24) is 0 Å².